The second-order valence-electron chi connectivity index (χ2n) is 6.26. The Balaban J connectivity index is 1.61. The Morgan fingerprint density at radius 2 is 1.90 bits per heavy atom. The molecule has 0 atom stereocenters. The first-order chi connectivity index (χ1) is 14.2. The minimum absolute atomic E-state index is 0.194. The van der Waals surface area contributed by atoms with Gasteiger partial charge in [0, 0.05) is 22.3 Å². The van der Waals surface area contributed by atoms with E-state index in [1.54, 1.807) is 23.0 Å². The number of amides is 1. The fraction of sp³-hybridized carbons (Fsp3) is 0.0455. The molecular formula is C22H17ClN4O2. The molecule has 0 aliphatic rings. The van der Waals surface area contributed by atoms with Gasteiger partial charge in [0.25, 0.3) is 0 Å². The molecule has 0 spiro atoms. The number of benzene rings is 2. The second-order valence-corrected chi connectivity index (χ2v) is 6.67. The lowest BCUT2D eigenvalue weighted by atomic mass is 10.1. The van der Waals surface area contributed by atoms with Gasteiger partial charge in [0.1, 0.15) is 5.69 Å². The van der Waals surface area contributed by atoms with E-state index in [4.69, 9.17) is 21.1 Å². The largest absolute Gasteiger partial charge is 0.459 e. The number of aromatic nitrogens is 2. The molecule has 0 fully saturated rings. The van der Waals surface area contributed by atoms with E-state index in [-0.39, 0.29) is 5.76 Å². The third-order valence-electron chi connectivity index (χ3n) is 4.24. The van der Waals surface area contributed by atoms with Crippen LogP contribution in [0, 0.1) is 0 Å². The SMILES string of the molecule is O=C(N/N=C\c1cn(Cc2ccccc2Cl)nc1-c1ccccc1)c1ccco1. The van der Waals surface area contributed by atoms with Crippen LogP contribution >= 0.6 is 11.6 Å². The molecule has 4 aromatic rings. The number of carbonyl (C=O) groups is 1. The van der Waals surface area contributed by atoms with Crippen LogP contribution in [0.25, 0.3) is 11.3 Å². The predicted octanol–water partition coefficient (Wildman–Crippen LogP) is 4.61. The molecule has 0 aliphatic carbocycles. The van der Waals surface area contributed by atoms with Crippen LogP contribution in [0.2, 0.25) is 5.02 Å². The summed E-state index contributed by atoms with van der Waals surface area (Å²) < 4.78 is 6.86. The van der Waals surface area contributed by atoms with E-state index >= 15 is 0 Å². The number of nitrogens with one attached hydrogen (secondary N) is 1. The maximum atomic E-state index is 12.0. The maximum absolute atomic E-state index is 12.0. The Morgan fingerprint density at radius 3 is 2.66 bits per heavy atom. The molecule has 2 heterocycles. The number of carbonyl (C=O) groups excluding carboxylic acids is 1. The van der Waals surface area contributed by atoms with Gasteiger partial charge in [0.2, 0.25) is 0 Å². The summed E-state index contributed by atoms with van der Waals surface area (Å²) in [4.78, 5) is 12.0. The predicted molar refractivity (Wildman–Crippen MR) is 112 cm³/mol. The Bertz CT molecular complexity index is 1130. The van der Waals surface area contributed by atoms with Crippen molar-refractivity contribution in [2.75, 3.05) is 0 Å². The van der Waals surface area contributed by atoms with Crippen LogP contribution in [-0.4, -0.2) is 21.9 Å². The zero-order valence-electron chi connectivity index (χ0n) is 15.3. The van der Waals surface area contributed by atoms with Crippen molar-refractivity contribution in [1.82, 2.24) is 15.2 Å². The molecule has 144 valence electrons. The van der Waals surface area contributed by atoms with Crippen molar-refractivity contribution in [2.24, 2.45) is 5.10 Å². The minimum Gasteiger partial charge on any atom is -0.459 e. The summed E-state index contributed by atoms with van der Waals surface area (Å²) in [5.74, 6) is -0.226. The van der Waals surface area contributed by atoms with E-state index in [0.29, 0.717) is 11.6 Å². The summed E-state index contributed by atoms with van der Waals surface area (Å²) in [5.41, 5.74) is 5.90. The lowest BCUT2D eigenvalue weighted by molar-refractivity contribution is 0.0927. The highest BCUT2D eigenvalue weighted by molar-refractivity contribution is 6.31. The standard InChI is InChI=1S/C22H17ClN4O2/c23-19-10-5-4-9-17(19)14-27-15-18(21(26-27)16-7-2-1-3-8-16)13-24-25-22(28)20-11-6-12-29-20/h1-13,15H,14H2,(H,25,28)/b24-13-. The molecule has 7 heteroatoms. The summed E-state index contributed by atoms with van der Waals surface area (Å²) in [7, 11) is 0. The van der Waals surface area contributed by atoms with Gasteiger partial charge < -0.3 is 4.42 Å². The van der Waals surface area contributed by atoms with Crippen molar-refractivity contribution in [2.45, 2.75) is 6.54 Å². The van der Waals surface area contributed by atoms with Crippen molar-refractivity contribution in [1.29, 1.82) is 0 Å². The molecule has 1 N–H and O–H groups in total. The molecule has 0 bridgehead atoms. The van der Waals surface area contributed by atoms with Crippen LogP contribution in [0.3, 0.4) is 0 Å². The maximum Gasteiger partial charge on any atom is 0.307 e. The van der Waals surface area contributed by atoms with Gasteiger partial charge in [0.05, 0.1) is 19.0 Å². The van der Waals surface area contributed by atoms with Gasteiger partial charge in [-0.05, 0) is 23.8 Å². The van der Waals surface area contributed by atoms with Gasteiger partial charge in [-0.15, -0.1) is 0 Å². The molecule has 4 rings (SSSR count). The van der Waals surface area contributed by atoms with E-state index < -0.39 is 5.91 Å². The normalized spacial score (nSPS) is 11.1. The van der Waals surface area contributed by atoms with Gasteiger partial charge >= 0.3 is 5.91 Å². The second kappa shape index (κ2) is 8.58. The highest BCUT2D eigenvalue weighted by Gasteiger charge is 2.12. The first-order valence-electron chi connectivity index (χ1n) is 8.94. The fourth-order valence-electron chi connectivity index (χ4n) is 2.86. The van der Waals surface area contributed by atoms with E-state index in [1.165, 1.54) is 6.26 Å². The Hall–Kier alpha value is -3.64. The third-order valence-corrected chi connectivity index (χ3v) is 4.61. The highest BCUT2D eigenvalue weighted by atomic mass is 35.5. The number of furan rings is 1. The molecule has 0 radical (unpaired) electrons. The number of hydrogen-bond donors (Lipinski definition) is 1. The number of rotatable bonds is 6. The van der Waals surface area contributed by atoms with Crippen LogP contribution in [0.1, 0.15) is 21.7 Å². The number of nitrogens with zero attached hydrogens (tertiary/aromatic N) is 3. The Kier molecular flexibility index (Phi) is 5.54. The Morgan fingerprint density at radius 1 is 1.10 bits per heavy atom. The Labute approximate surface area is 172 Å². The summed E-state index contributed by atoms with van der Waals surface area (Å²) >= 11 is 6.28. The number of halogens is 1. The van der Waals surface area contributed by atoms with Gasteiger partial charge in [-0.25, -0.2) is 5.43 Å². The molecule has 0 saturated carbocycles. The first kappa shape index (κ1) is 18.7. The van der Waals surface area contributed by atoms with Gasteiger partial charge in [-0.2, -0.15) is 10.2 Å². The average molecular weight is 405 g/mol. The summed E-state index contributed by atoms with van der Waals surface area (Å²) in [6, 6.07) is 20.6. The molecule has 6 nitrogen and oxygen atoms in total. The molecule has 0 aliphatic heterocycles. The van der Waals surface area contributed by atoms with Crippen molar-refractivity contribution in [3.05, 3.63) is 101 Å². The van der Waals surface area contributed by atoms with Crippen molar-refractivity contribution < 1.29 is 9.21 Å². The molecule has 29 heavy (non-hydrogen) atoms. The van der Waals surface area contributed by atoms with E-state index in [0.717, 1.165) is 22.4 Å². The molecule has 0 unspecified atom stereocenters. The zero-order valence-corrected chi connectivity index (χ0v) is 16.1. The summed E-state index contributed by atoms with van der Waals surface area (Å²) in [5, 5.41) is 9.44. The van der Waals surface area contributed by atoms with E-state index in [9.17, 15) is 4.79 Å². The van der Waals surface area contributed by atoms with E-state index in [1.807, 2.05) is 60.8 Å². The van der Waals surface area contributed by atoms with Crippen molar-refractivity contribution >= 4 is 23.7 Å². The molecular weight excluding hydrogens is 388 g/mol. The summed E-state index contributed by atoms with van der Waals surface area (Å²) in [6.45, 7) is 0.520. The third kappa shape index (κ3) is 4.44. The molecule has 0 saturated heterocycles. The van der Waals surface area contributed by atoms with Gasteiger partial charge in [-0.3, -0.25) is 9.48 Å². The quantitative estimate of drug-likeness (QED) is 0.377. The average Bonchev–Trinajstić information content (AvgIpc) is 3.41. The molecule has 2 aromatic heterocycles. The van der Waals surface area contributed by atoms with Crippen LogP contribution in [-0.2, 0) is 6.54 Å². The zero-order chi connectivity index (χ0) is 20.1. The van der Waals surface area contributed by atoms with Crippen LogP contribution in [0.5, 0.6) is 0 Å². The van der Waals surface area contributed by atoms with Crippen molar-refractivity contribution in [3.63, 3.8) is 0 Å². The van der Waals surface area contributed by atoms with Gasteiger partial charge in [-0.1, -0.05) is 60.1 Å². The fourth-order valence-corrected chi connectivity index (χ4v) is 3.05. The topological polar surface area (TPSA) is 72.4 Å². The lowest BCUT2D eigenvalue weighted by Crippen LogP contribution is -2.16. The van der Waals surface area contributed by atoms with Crippen molar-refractivity contribution in [3.8, 4) is 11.3 Å². The minimum atomic E-state index is -0.420. The van der Waals surface area contributed by atoms with E-state index in [2.05, 4.69) is 10.5 Å². The monoisotopic (exact) mass is 404 g/mol. The van der Waals surface area contributed by atoms with Crippen LogP contribution in [0.15, 0.2) is 88.7 Å². The van der Waals surface area contributed by atoms with Crippen LogP contribution < -0.4 is 5.43 Å². The first-order valence-corrected chi connectivity index (χ1v) is 9.32. The summed E-state index contributed by atoms with van der Waals surface area (Å²) in [6.07, 6.45) is 4.87. The van der Waals surface area contributed by atoms with Gasteiger partial charge in [0.15, 0.2) is 5.76 Å². The number of hydrogen-bond acceptors (Lipinski definition) is 4. The number of hydrazone groups is 1. The highest BCUT2D eigenvalue weighted by Crippen LogP contribution is 2.22. The smallest absolute Gasteiger partial charge is 0.307 e. The lowest BCUT2D eigenvalue weighted by Gasteiger charge is -2.04. The molecule has 1 amide bonds. The molecule has 2 aromatic carbocycles. The van der Waals surface area contributed by atoms with Crippen LogP contribution in [0.4, 0.5) is 0 Å².